The molecular weight excluding hydrogens is 470 g/mol. The summed E-state index contributed by atoms with van der Waals surface area (Å²) in [6, 6.07) is 17.2. The number of rotatable bonds is 9. The summed E-state index contributed by atoms with van der Waals surface area (Å²) in [6.07, 6.45) is 12.9. The van der Waals surface area contributed by atoms with Crippen LogP contribution in [0.1, 0.15) is 92.2 Å². The van der Waals surface area contributed by atoms with E-state index >= 15 is 0 Å². The molecule has 38 heavy (non-hydrogen) atoms. The lowest BCUT2D eigenvalue weighted by Crippen LogP contribution is -2.28. The van der Waals surface area contributed by atoms with Crippen molar-refractivity contribution in [3.05, 3.63) is 94.2 Å². The van der Waals surface area contributed by atoms with Crippen LogP contribution in [-0.4, -0.2) is 26.8 Å². The molecule has 4 nitrogen and oxygen atoms in total. The summed E-state index contributed by atoms with van der Waals surface area (Å²) in [7, 11) is 0. The lowest BCUT2D eigenvalue weighted by molar-refractivity contribution is -0.136. The molecule has 1 aliphatic carbocycles. The molecule has 0 aliphatic heterocycles. The lowest BCUT2D eigenvalue weighted by Gasteiger charge is -2.34. The Kier molecular flexibility index (Phi) is 8.52. The zero-order chi connectivity index (χ0) is 27.3. The molecule has 2 aromatic carbocycles. The Labute approximate surface area is 227 Å². The average molecular weight is 512 g/mol. The average Bonchev–Trinajstić information content (AvgIpc) is 2.90. The van der Waals surface area contributed by atoms with Gasteiger partial charge in [-0.3, -0.25) is 9.78 Å². The van der Waals surface area contributed by atoms with E-state index < -0.39 is 11.6 Å². The Hall–Kier alpha value is -3.24. The van der Waals surface area contributed by atoms with Crippen LogP contribution in [-0.2, 0) is 16.6 Å². The first-order chi connectivity index (χ1) is 18.2. The highest BCUT2D eigenvalue weighted by molar-refractivity contribution is 5.71. The van der Waals surface area contributed by atoms with Gasteiger partial charge in [-0.25, -0.2) is 0 Å². The van der Waals surface area contributed by atoms with E-state index in [2.05, 4.69) is 75.2 Å². The van der Waals surface area contributed by atoms with Crippen LogP contribution in [0.25, 0.3) is 17.3 Å². The van der Waals surface area contributed by atoms with Crippen molar-refractivity contribution >= 4 is 12.0 Å². The molecule has 3 aromatic rings. The molecule has 0 bridgehead atoms. The molecule has 1 heterocycles. The molecule has 1 saturated carbocycles. The fourth-order valence-electron chi connectivity index (χ4n) is 6.08. The van der Waals surface area contributed by atoms with Crippen LogP contribution in [0.2, 0.25) is 0 Å². The Bertz CT molecular complexity index is 1300. The molecule has 0 saturated heterocycles. The molecule has 0 unspecified atom stereocenters. The number of hydrogen-bond donors (Lipinski definition) is 2. The number of pyridine rings is 1. The Morgan fingerprint density at radius 2 is 1.61 bits per heavy atom. The number of aryl methyl sites for hydroxylation is 2. The lowest BCUT2D eigenvalue weighted by atomic mass is 9.69. The van der Waals surface area contributed by atoms with Gasteiger partial charge in [0.25, 0.3) is 0 Å². The minimum atomic E-state index is -0.851. The third-order valence-electron chi connectivity index (χ3n) is 8.56. The number of aromatic nitrogens is 1. The van der Waals surface area contributed by atoms with Crippen molar-refractivity contribution in [1.82, 2.24) is 4.98 Å². The first-order valence-electron chi connectivity index (χ1n) is 14.0. The van der Waals surface area contributed by atoms with Crippen LogP contribution in [0.3, 0.4) is 0 Å². The molecule has 1 aromatic heterocycles. The number of hydrogen-bond acceptors (Lipinski definition) is 3. The van der Waals surface area contributed by atoms with Gasteiger partial charge >= 0.3 is 5.97 Å². The second kappa shape index (κ2) is 11.7. The summed E-state index contributed by atoms with van der Waals surface area (Å²) in [6.45, 7) is 8.81. The highest BCUT2D eigenvalue weighted by atomic mass is 16.4. The van der Waals surface area contributed by atoms with Gasteiger partial charge in [-0.1, -0.05) is 87.7 Å². The summed E-state index contributed by atoms with van der Waals surface area (Å²) in [5.41, 5.74) is 8.02. The van der Waals surface area contributed by atoms with E-state index in [-0.39, 0.29) is 11.8 Å². The van der Waals surface area contributed by atoms with E-state index in [4.69, 9.17) is 5.11 Å². The normalized spacial score (nSPS) is 15.6. The van der Waals surface area contributed by atoms with Gasteiger partial charge in [0.2, 0.25) is 0 Å². The molecule has 200 valence electrons. The van der Waals surface area contributed by atoms with E-state index in [1.165, 1.54) is 23.1 Å². The van der Waals surface area contributed by atoms with E-state index in [1.54, 1.807) is 6.20 Å². The maximum absolute atomic E-state index is 11.0. The van der Waals surface area contributed by atoms with Crippen molar-refractivity contribution in [3.8, 4) is 11.3 Å². The number of aliphatic hydroxyl groups is 1. The molecule has 1 aliphatic rings. The van der Waals surface area contributed by atoms with Gasteiger partial charge in [-0.2, -0.15) is 0 Å². The van der Waals surface area contributed by atoms with Crippen molar-refractivity contribution < 1.29 is 15.0 Å². The van der Waals surface area contributed by atoms with Crippen molar-refractivity contribution in [3.63, 3.8) is 0 Å². The van der Waals surface area contributed by atoms with Crippen LogP contribution in [0.15, 0.2) is 60.8 Å². The van der Waals surface area contributed by atoms with Gasteiger partial charge in [-0.05, 0) is 79.0 Å². The van der Waals surface area contributed by atoms with Crippen LogP contribution >= 0.6 is 0 Å². The number of carboxylic acid groups (broad SMARTS) is 1. The summed E-state index contributed by atoms with van der Waals surface area (Å²) in [5, 5.41) is 19.9. The summed E-state index contributed by atoms with van der Waals surface area (Å²) < 4.78 is 0. The van der Waals surface area contributed by atoms with Crippen molar-refractivity contribution in [2.75, 3.05) is 0 Å². The zero-order valence-corrected chi connectivity index (χ0v) is 23.3. The van der Waals surface area contributed by atoms with Gasteiger partial charge < -0.3 is 10.2 Å². The molecule has 0 spiro atoms. The third kappa shape index (κ3) is 5.91. The predicted octanol–water partition coefficient (Wildman–Crippen LogP) is 7.81. The predicted molar refractivity (Wildman–Crippen MR) is 155 cm³/mol. The van der Waals surface area contributed by atoms with Gasteiger partial charge in [0.1, 0.15) is 0 Å². The van der Waals surface area contributed by atoms with Crippen LogP contribution < -0.4 is 0 Å². The molecular formula is C34H41NO3. The smallest absolute Gasteiger partial charge is 0.307 e. The number of nitrogens with zero attached hydrogens (tertiary/aromatic N) is 1. The van der Waals surface area contributed by atoms with Gasteiger partial charge in [0.05, 0.1) is 17.7 Å². The summed E-state index contributed by atoms with van der Waals surface area (Å²) in [5.74, 6) is -0.851. The quantitative estimate of drug-likeness (QED) is 0.307. The highest BCUT2D eigenvalue weighted by Crippen LogP contribution is 2.41. The van der Waals surface area contributed by atoms with Gasteiger partial charge in [0, 0.05) is 17.2 Å². The maximum atomic E-state index is 11.0. The molecule has 0 amide bonds. The molecule has 4 heteroatoms. The number of carboxylic acids is 1. The molecule has 0 atom stereocenters. The minimum absolute atomic E-state index is 0.0183. The maximum Gasteiger partial charge on any atom is 0.307 e. The van der Waals surface area contributed by atoms with E-state index in [0.29, 0.717) is 5.56 Å². The van der Waals surface area contributed by atoms with Crippen LogP contribution in [0.4, 0.5) is 0 Å². The fourth-order valence-corrected chi connectivity index (χ4v) is 6.08. The SMILES string of the molecule is CCC(CC)(c1ccc(/C=C/C2(O)CCCCC2)c(C)c1)c1ccc(-c2ccc(CC(=O)O)cn2)c(C)c1. The zero-order valence-electron chi connectivity index (χ0n) is 23.3. The van der Waals surface area contributed by atoms with E-state index in [9.17, 15) is 9.90 Å². The van der Waals surface area contributed by atoms with Gasteiger partial charge in [0.15, 0.2) is 0 Å². The summed E-state index contributed by atoms with van der Waals surface area (Å²) >= 11 is 0. The second-order valence-electron chi connectivity index (χ2n) is 11.0. The molecule has 1 fully saturated rings. The topological polar surface area (TPSA) is 70.4 Å². The molecule has 0 radical (unpaired) electrons. The highest BCUT2D eigenvalue weighted by Gasteiger charge is 2.31. The Balaban J connectivity index is 1.63. The van der Waals surface area contributed by atoms with Gasteiger partial charge in [-0.15, -0.1) is 0 Å². The Morgan fingerprint density at radius 3 is 2.16 bits per heavy atom. The van der Waals surface area contributed by atoms with Crippen LogP contribution in [0.5, 0.6) is 0 Å². The molecule has 2 N–H and O–H groups in total. The van der Waals surface area contributed by atoms with Crippen molar-refractivity contribution in [2.45, 2.75) is 90.1 Å². The number of benzene rings is 2. The number of aliphatic carboxylic acids is 1. The fraction of sp³-hybridized carbons (Fsp3) is 0.412. The van der Waals surface area contributed by atoms with E-state index in [1.807, 2.05) is 18.2 Å². The summed E-state index contributed by atoms with van der Waals surface area (Å²) in [4.78, 5) is 15.5. The largest absolute Gasteiger partial charge is 0.481 e. The first kappa shape index (κ1) is 27.8. The van der Waals surface area contributed by atoms with Crippen molar-refractivity contribution in [2.24, 2.45) is 0 Å². The van der Waals surface area contributed by atoms with E-state index in [0.717, 1.165) is 60.9 Å². The standard InChI is InChI=1S/C34H41NO3/c1-5-34(6-2,28-12-11-27(24(3)20-28)16-19-33(38)17-8-7-9-18-33)29-13-14-30(25(4)21-29)31-15-10-26(23-35-31)22-32(36)37/h10-16,19-21,23,38H,5-9,17-18,22H2,1-4H3,(H,36,37)/b19-16+. The Morgan fingerprint density at radius 1 is 0.947 bits per heavy atom. The number of carbonyl (C=O) groups is 1. The first-order valence-corrected chi connectivity index (χ1v) is 14.0. The third-order valence-corrected chi connectivity index (χ3v) is 8.56. The van der Waals surface area contributed by atoms with Crippen molar-refractivity contribution in [1.29, 1.82) is 0 Å². The molecule has 4 rings (SSSR count). The monoisotopic (exact) mass is 511 g/mol. The van der Waals surface area contributed by atoms with Crippen LogP contribution in [0, 0.1) is 13.8 Å². The second-order valence-corrected chi connectivity index (χ2v) is 11.0. The minimum Gasteiger partial charge on any atom is -0.481 e.